The number of esters is 2. The van der Waals surface area contributed by atoms with Crippen molar-refractivity contribution < 1.29 is 33.3 Å². The lowest BCUT2D eigenvalue weighted by Crippen LogP contribution is -2.28. The van der Waals surface area contributed by atoms with Crippen LogP contribution in [0.25, 0.3) is 0 Å². The molecule has 2 rings (SSSR count). The molecule has 0 amide bonds. The zero-order chi connectivity index (χ0) is 20.4. The third-order valence-corrected chi connectivity index (χ3v) is 3.60. The lowest BCUT2D eigenvalue weighted by atomic mass is 10.2. The van der Waals surface area contributed by atoms with Gasteiger partial charge in [0.05, 0.1) is 19.3 Å². The minimum absolute atomic E-state index is 0.100. The van der Waals surface area contributed by atoms with Crippen LogP contribution in [-0.4, -0.2) is 45.5 Å². The zero-order valence-electron chi connectivity index (χ0n) is 15.8. The van der Waals surface area contributed by atoms with Crippen molar-refractivity contribution in [2.24, 2.45) is 0 Å². The third-order valence-electron chi connectivity index (χ3n) is 3.60. The summed E-state index contributed by atoms with van der Waals surface area (Å²) in [5.74, 6) is 0.553. The summed E-state index contributed by atoms with van der Waals surface area (Å²) in [7, 11) is 3.06. The first-order chi connectivity index (χ1) is 13.5. The minimum Gasteiger partial charge on any atom is -0.497 e. The predicted molar refractivity (Wildman–Crippen MR) is 102 cm³/mol. The molecule has 1 atom stereocenters. The highest BCUT2D eigenvalue weighted by Crippen LogP contribution is 2.19. The normalized spacial score (nSPS) is 11.2. The third kappa shape index (κ3) is 6.44. The van der Waals surface area contributed by atoms with Crippen LogP contribution < -0.4 is 14.2 Å². The van der Waals surface area contributed by atoms with Gasteiger partial charge in [-0.1, -0.05) is 6.58 Å². The highest BCUT2D eigenvalue weighted by atomic mass is 16.6. The summed E-state index contributed by atoms with van der Waals surface area (Å²) < 4.78 is 26.1. The monoisotopic (exact) mass is 386 g/mol. The van der Waals surface area contributed by atoms with Gasteiger partial charge in [0.25, 0.3) is 0 Å². The van der Waals surface area contributed by atoms with Gasteiger partial charge in [-0.3, -0.25) is 0 Å². The van der Waals surface area contributed by atoms with Crippen molar-refractivity contribution in [3.63, 3.8) is 0 Å². The van der Waals surface area contributed by atoms with Crippen LogP contribution in [0.1, 0.15) is 10.4 Å². The maximum Gasteiger partial charge on any atom is 0.343 e. The van der Waals surface area contributed by atoms with Crippen LogP contribution in [0.3, 0.4) is 0 Å². The predicted octanol–water partition coefficient (Wildman–Crippen LogP) is 3.04. The Morgan fingerprint density at radius 3 is 2.11 bits per heavy atom. The fraction of sp³-hybridized carbons (Fsp3) is 0.238. The summed E-state index contributed by atoms with van der Waals surface area (Å²) >= 11 is 0. The van der Waals surface area contributed by atoms with Gasteiger partial charge in [-0.15, -0.1) is 0 Å². The van der Waals surface area contributed by atoms with Gasteiger partial charge in [0.1, 0.15) is 23.9 Å². The van der Waals surface area contributed by atoms with E-state index in [-0.39, 0.29) is 13.2 Å². The van der Waals surface area contributed by atoms with Crippen molar-refractivity contribution in [1.82, 2.24) is 0 Å². The van der Waals surface area contributed by atoms with Crippen LogP contribution in [-0.2, 0) is 14.3 Å². The molecule has 7 heteroatoms. The average molecular weight is 386 g/mol. The van der Waals surface area contributed by atoms with Crippen LogP contribution >= 0.6 is 0 Å². The molecule has 1 unspecified atom stereocenters. The van der Waals surface area contributed by atoms with Crippen molar-refractivity contribution in [2.75, 3.05) is 27.4 Å². The van der Waals surface area contributed by atoms with Crippen LogP contribution in [0.2, 0.25) is 0 Å². The second kappa shape index (κ2) is 10.7. The summed E-state index contributed by atoms with van der Waals surface area (Å²) in [6.07, 6.45) is 0.501. The summed E-state index contributed by atoms with van der Waals surface area (Å²) in [4.78, 5) is 23.5. The highest BCUT2D eigenvalue weighted by molar-refractivity contribution is 5.91. The molecular weight excluding hydrogens is 364 g/mol. The average Bonchev–Trinajstić information content (AvgIpc) is 2.73. The Labute approximate surface area is 163 Å². The van der Waals surface area contributed by atoms with Crippen molar-refractivity contribution in [2.45, 2.75) is 6.10 Å². The molecule has 0 saturated carbocycles. The van der Waals surface area contributed by atoms with E-state index in [9.17, 15) is 9.59 Å². The first kappa shape index (κ1) is 21.0. The first-order valence-corrected chi connectivity index (χ1v) is 8.46. The number of ether oxygens (including phenoxy) is 5. The molecule has 0 bridgehead atoms. The van der Waals surface area contributed by atoms with Gasteiger partial charge in [0.15, 0.2) is 6.10 Å². The van der Waals surface area contributed by atoms with Crippen molar-refractivity contribution in [3.05, 3.63) is 66.7 Å². The number of carbonyl (C=O) groups is 2. The van der Waals surface area contributed by atoms with Gasteiger partial charge >= 0.3 is 11.9 Å². The number of hydrogen-bond donors (Lipinski definition) is 0. The Kier molecular flexibility index (Phi) is 8.05. The summed E-state index contributed by atoms with van der Waals surface area (Å²) in [5, 5.41) is 0. The molecule has 148 valence electrons. The largest absolute Gasteiger partial charge is 0.497 e. The molecule has 2 aromatic rings. The summed E-state index contributed by atoms with van der Waals surface area (Å²) in [6.45, 7) is 3.64. The van der Waals surface area contributed by atoms with Crippen LogP contribution in [0.15, 0.2) is 61.2 Å². The Morgan fingerprint density at radius 1 is 0.929 bits per heavy atom. The SMILES string of the molecule is C=CC(=O)OC(COC)COc1ccc(C(=O)Oc2ccc(OC)cc2)cc1. The van der Waals surface area contributed by atoms with Crippen LogP contribution in [0.4, 0.5) is 0 Å². The zero-order valence-corrected chi connectivity index (χ0v) is 15.8. The molecule has 2 aromatic carbocycles. The summed E-state index contributed by atoms with van der Waals surface area (Å²) in [6, 6.07) is 13.1. The van der Waals surface area contributed by atoms with E-state index >= 15 is 0 Å². The first-order valence-electron chi connectivity index (χ1n) is 8.46. The van der Waals surface area contributed by atoms with Crippen molar-refractivity contribution in [3.8, 4) is 17.2 Å². The van der Waals surface area contributed by atoms with Gasteiger partial charge in [-0.25, -0.2) is 9.59 Å². The van der Waals surface area contributed by atoms with Gasteiger partial charge in [0, 0.05) is 13.2 Å². The van der Waals surface area contributed by atoms with E-state index < -0.39 is 18.0 Å². The standard InChI is InChI=1S/C21H22O7/c1-4-20(22)27-19(13-24-2)14-26-17-7-5-15(6-8-17)21(23)28-18-11-9-16(25-3)10-12-18/h4-12,19H,1,13-14H2,2-3H3. The molecule has 28 heavy (non-hydrogen) atoms. The van der Waals surface area contributed by atoms with Crippen LogP contribution in [0.5, 0.6) is 17.2 Å². The van der Waals surface area contributed by atoms with E-state index in [0.717, 1.165) is 6.08 Å². The molecule has 0 radical (unpaired) electrons. The fourth-order valence-electron chi connectivity index (χ4n) is 2.20. The van der Waals surface area contributed by atoms with Crippen molar-refractivity contribution >= 4 is 11.9 Å². The van der Waals surface area contributed by atoms with E-state index in [0.29, 0.717) is 22.8 Å². The van der Waals surface area contributed by atoms with Gasteiger partial charge in [0.2, 0.25) is 0 Å². The van der Waals surface area contributed by atoms with Crippen molar-refractivity contribution in [1.29, 1.82) is 0 Å². The van der Waals surface area contributed by atoms with Gasteiger partial charge < -0.3 is 23.7 Å². The minimum atomic E-state index is -0.574. The van der Waals surface area contributed by atoms with E-state index in [2.05, 4.69) is 6.58 Å². The second-order valence-electron chi connectivity index (χ2n) is 5.62. The maximum atomic E-state index is 12.2. The molecule has 0 heterocycles. The van der Waals surface area contributed by atoms with E-state index in [1.54, 1.807) is 55.6 Å². The highest BCUT2D eigenvalue weighted by Gasteiger charge is 2.14. The molecule has 0 aliphatic heterocycles. The number of methoxy groups -OCH3 is 2. The topological polar surface area (TPSA) is 80.3 Å². The molecule has 0 N–H and O–H groups in total. The number of hydrogen-bond acceptors (Lipinski definition) is 7. The lowest BCUT2D eigenvalue weighted by Gasteiger charge is -2.17. The van der Waals surface area contributed by atoms with E-state index in [1.165, 1.54) is 7.11 Å². The lowest BCUT2D eigenvalue weighted by molar-refractivity contribution is -0.147. The molecule has 7 nitrogen and oxygen atoms in total. The Hall–Kier alpha value is -3.32. The molecule has 0 aliphatic rings. The molecule has 0 aliphatic carbocycles. The number of benzene rings is 2. The number of rotatable bonds is 10. The van der Waals surface area contributed by atoms with E-state index in [1.807, 2.05) is 0 Å². The Morgan fingerprint density at radius 2 is 1.54 bits per heavy atom. The van der Waals surface area contributed by atoms with Gasteiger partial charge in [-0.2, -0.15) is 0 Å². The molecule has 0 fully saturated rings. The van der Waals surface area contributed by atoms with E-state index in [4.69, 9.17) is 23.7 Å². The maximum absolute atomic E-state index is 12.2. The van der Waals surface area contributed by atoms with Crippen LogP contribution in [0, 0.1) is 0 Å². The van der Waals surface area contributed by atoms with Gasteiger partial charge in [-0.05, 0) is 48.5 Å². The quantitative estimate of drug-likeness (QED) is 0.353. The fourth-order valence-corrected chi connectivity index (χ4v) is 2.20. The molecule has 0 saturated heterocycles. The Balaban J connectivity index is 1.91. The smallest absolute Gasteiger partial charge is 0.343 e. The molecular formula is C21H22O7. The molecule has 0 aromatic heterocycles. The Bertz CT molecular complexity index is 781. The molecule has 0 spiro atoms. The summed E-state index contributed by atoms with van der Waals surface area (Å²) in [5.41, 5.74) is 0.370. The second-order valence-corrected chi connectivity index (χ2v) is 5.62. The number of carbonyl (C=O) groups excluding carboxylic acids is 2.